The van der Waals surface area contributed by atoms with Gasteiger partial charge in [0.1, 0.15) is 0 Å². The molecule has 0 aromatic heterocycles. The topological polar surface area (TPSA) is 43.1 Å². The Kier molecular flexibility index (Phi) is 1.97. The van der Waals surface area contributed by atoms with E-state index < -0.39 is 0 Å². The van der Waals surface area contributed by atoms with E-state index in [0.29, 0.717) is 0 Å². The molecule has 1 saturated carbocycles. The van der Waals surface area contributed by atoms with Crippen LogP contribution in [0.5, 0.6) is 0 Å². The van der Waals surface area contributed by atoms with Gasteiger partial charge in [0.2, 0.25) is 5.91 Å². The number of hydrogen-bond donors (Lipinski definition) is 1. The minimum Gasteiger partial charge on any atom is -0.369 e. The second-order valence-corrected chi connectivity index (χ2v) is 3.57. The number of primary amides is 1. The van der Waals surface area contributed by atoms with E-state index in [1.807, 2.05) is 0 Å². The molecule has 0 heterocycles. The van der Waals surface area contributed by atoms with Crippen LogP contribution in [0.2, 0.25) is 0 Å². The molecule has 0 radical (unpaired) electrons. The maximum Gasteiger partial charge on any atom is 0.220 e. The van der Waals surface area contributed by atoms with E-state index in [4.69, 9.17) is 5.73 Å². The van der Waals surface area contributed by atoms with E-state index in [0.717, 1.165) is 24.7 Å². The van der Waals surface area contributed by atoms with E-state index in [-0.39, 0.29) is 11.8 Å². The van der Waals surface area contributed by atoms with Crippen LogP contribution in [0.15, 0.2) is 0 Å². The van der Waals surface area contributed by atoms with E-state index in [9.17, 15) is 4.79 Å². The van der Waals surface area contributed by atoms with Crippen molar-refractivity contribution in [2.24, 2.45) is 23.5 Å². The standard InChI is InChI=1S/C8H15NO/c1-5(2)6-3-7(4-6)8(9)10/h5-7H,3-4H2,1-2H3,(H2,9,10)/t6-,7+. The summed E-state index contributed by atoms with van der Waals surface area (Å²) in [5.41, 5.74) is 5.12. The molecule has 10 heavy (non-hydrogen) atoms. The van der Waals surface area contributed by atoms with E-state index in [1.165, 1.54) is 0 Å². The van der Waals surface area contributed by atoms with Gasteiger partial charge in [0.05, 0.1) is 0 Å². The predicted molar refractivity (Wildman–Crippen MR) is 40.2 cm³/mol. The molecule has 0 spiro atoms. The first-order chi connectivity index (χ1) is 4.61. The van der Waals surface area contributed by atoms with Gasteiger partial charge in [0, 0.05) is 5.92 Å². The van der Waals surface area contributed by atoms with E-state index in [2.05, 4.69) is 13.8 Å². The molecule has 58 valence electrons. The van der Waals surface area contributed by atoms with Crippen LogP contribution in [0.25, 0.3) is 0 Å². The van der Waals surface area contributed by atoms with Gasteiger partial charge in [0.15, 0.2) is 0 Å². The molecule has 2 N–H and O–H groups in total. The summed E-state index contributed by atoms with van der Waals surface area (Å²) < 4.78 is 0. The van der Waals surface area contributed by atoms with Crippen LogP contribution in [0.3, 0.4) is 0 Å². The average Bonchev–Trinajstić information content (AvgIpc) is 1.56. The maximum atomic E-state index is 10.6. The van der Waals surface area contributed by atoms with Crippen molar-refractivity contribution in [1.29, 1.82) is 0 Å². The normalized spacial score (nSPS) is 31.9. The van der Waals surface area contributed by atoms with Gasteiger partial charge in [-0.1, -0.05) is 13.8 Å². The molecular formula is C8H15NO. The van der Waals surface area contributed by atoms with Crippen molar-refractivity contribution in [3.63, 3.8) is 0 Å². The minimum absolute atomic E-state index is 0.114. The van der Waals surface area contributed by atoms with Crippen LogP contribution >= 0.6 is 0 Å². The van der Waals surface area contributed by atoms with E-state index in [1.54, 1.807) is 0 Å². The lowest BCUT2D eigenvalue weighted by Gasteiger charge is -2.35. The summed E-state index contributed by atoms with van der Waals surface area (Å²) in [6.07, 6.45) is 2.04. The third-order valence-corrected chi connectivity index (χ3v) is 2.52. The summed E-state index contributed by atoms with van der Waals surface area (Å²) >= 11 is 0. The molecule has 0 aliphatic heterocycles. The Morgan fingerprint density at radius 3 is 2.30 bits per heavy atom. The number of carbonyl (C=O) groups excluding carboxylic acids is 1. The van der Waals surface area contributed by atoms with Crippen LogP contribution < -0.4 is 5.73 Å². The Hall–Kier alpha value is -0.530. The molecular weight excluding hydrogens is 126 g/mol. The van der Waals surface area contributed by atoms with Gasteiger partial charge < -0.3 is 5.73 Å². The van der Waals surface area contributed by atoms with Crippen molar-refractivity contribution in [2.75, 3.05) is 0 Å². The summed E-state index contributed by atoms with van der Waals surface area (Å²) in [6.45, 7) is 4.39. The summed E-state index contributed by atoms with van der Waals surface area (Å²) in [7, 11) is 0. The zero-order valence-electron chi connectivity index (χ0n) is 6.63. The second kappa shape index (κ2) is 2.60. The van der Waals surface area contributed by atoms with Crippen molar-refractivity contribution in [2.45, 2.75) is 26.7 Å². The second-order valence-electron chi connectivity index (χ2n) is 3.57. The van der Waals surface area contributed by atoms with Crippen molar-refractivity contribution in [1.82, 2.24) is 0 Å². The molecule has 0 aromatic rings. The lowest BCUT2D eigenvalue weighted by molar-refractivity contribution is -0.126. The summed E-state index contributed by atoms with van der Waals surface area (Å²) in [4.78, 5) is 10.6. The molecule has 2 nitrogen and oxygen atoms in total. The van der Waals surface area contributed by atoms with Crippen molar-refractivity contribution < 1.29 is 4.79 Å². The van der Waals surface area contributed by atoms with Crippen LogP contribution in [0.4, 0.5) is 0 Å². The van der Waals surface area contributed by atoms with Gasteiger partial charge in [-0.15, -0.1) is 0 Å². The summed E-state index contributed by atoms with van der Waals surface area (Å²) in [5, 5.41) is 0. The maximum absolute atomic E-state index is 10.6. The predicted octanol–water partition coefficient (Wildman–Crippen LogP) is 1.15. The highest BCUT2D eigenvalue weighted by molar-refractivity contribution is 5.77. The number of hydrogen-bond acceptors (Lipinski definition) is 1. The quantitative estimate of drug-likeness (QED) is 0.616. The van der Waals surface area contributed by atoms with Crippen LogP contribution in [-0.2, 0) is 4.79 Å². The summed E-state index contributed by atoms with van der Waals surface area (Å²) in [5.74, 6) is 1.54. The number of carbonyl (C=O) groups is 1. The third kappa shape index (κ3) is 1.31. The average molecular weight is 141 g/mol. The first-order valence-electron chi connectivity index (χ1n) is 3.90. The highest BCUT2D eigenvalue weighted by atomic mass is 16.1. The van der Waals surface area contributed by atoms with Crippen LogP contribution in [0.1, 0.15) is 26.7 Å². The summed E-state index contributed by atoms with van der Waals surface area (Å²) in [6, 6.07) is 0. The molecule has 1 aliphatic carbocycles. The highest BCUT2D eigenvalue weighted by Gasteiger charge is 2.34. The molecule has 1 fully saturated rings. The highest BCUT2D eigenvalue weighted by Crippen LogP contribution is 2.38. The minimum atomic E-state index is -0.114. The monoisotopic (exact) mass is 141 g/mol. The van der Waals surface area contributed by atoms with E-state index >= 15 is 0 Å². The fourth-order valence-corrected chi connectivity index (χ4v) is 1.44. The molecule has 0 aromatic carbocycles. The zero-order chi connectivity index (χ0) is 7.72. The SMILES string of the molecule is CC(C)[C@H]1C[C@@H](C(N)=O)C1. The van der Waals surface area contributed by atoms with Crippen molar-refractivity contribution in [3.05, 3.63) is 0 Å². The third-order valence-electron chi connectivity index (χ3n) is 2.52. The van der Waals surface area contributed by atoms with Gasteiger partial charge >= 0.3 is 0 Å². The molecule has 0 saturated heterocycles. The van der Waals surface area contributed by atoms with Gasteiger partial charge in [0.25, 0.3) is 0 Å². The molecule has 0 unspecified atom stereocenters. The smallest absolute Gasteiger partial charge is 0.220 e. The number of amides is 1. The van der Waals surface area contributed by atoms with Crippen LogP contribution in [0, 0.1) is 17.8 Å². The fourth-order valence-electron chi connectivity index (χ4n) is 1.44. The Balaban J connectivity index is 2.24. The fraction of sp³-hybridized carbons (Fsp3) is 0.875. The molecule has 1 rings (SSSR count). The van der Waals surface area contributed by atoms with Crippen LogP contribution in [-0.4, -0.2) is 5.91 Å². The lowest BCUT2D eigenvalue weighted by atomic mass is 9.69. The zero-order valence-corrected chi connectivity index (χ0v) is 6.63. The molecule has 0 atom stereocenters. The Morgan fingerprint density at radius 2 is 2.00 bits per heavy atom. The van der Waals surface area contributed by atoms with Gasteiger partial charge in [-0.2, -0.15) is 0 Å². The lowest BCUT2D eigenvalue weighted by Crippen LogP contribution is -2.37. The molecule has 2 heteroatoms. The molecule has 1 amide bonds. The van der Waals surface area contributed by atoms with Crippen molar-refractivity contribution in [3.8, 4) is 0 Å². The largest absolute Gasteiger partial charge is 0.369 e. The first kappa shape index (κ1) is 7.58. The van der Waals surface area contributed by atoms with Gasteiger partial charge in [-0.25, -0.2) is 0 Å². The van der Waals surface area contributed by atoms with Crippen molar-refractivity contribution >= 4 is 5.91 Å². The first-order valence-corrected chi connectivity index (χ1v) is 3.90. The van der Waals surface area contributed by atoms with Gasteiger partial charge in [-0.3, -0.25) is 4.79 Å². The number of nitrogens with two attached hydrogens (primary N) is 1. The Bertz CT molecular complexity index is 136. The Labute approximate surface area is 61.8 Å². The molecule has 0 bridgehead atoms. The van der Waals surface area contributed by atoms with Gasteiger partial charge in [-0.05, 0) is 24.7 Å². The Morgan fingerprint density at radius 1 is 1.50 bits per heavy atom. The molecule has 1 aliphatic rings. The number of rotatable bonds is 2.